The van der Waals surface area contributed by atoms with Crippen LogP contribution in [0.5, 0.6) is 0 Å². The molecule has 0 spiro atoms. The number of carboxylic acids is 1. The van der Waals surface area contributed by atoms with Crippen molar-refractivity contribution < 1.29 is 24.2 Å². The third kappa shape index (κ3) is 39.4. The van der Waals surface area contributed by atoms with Gasteiger partial charge >= 0.3 is 11.9 Å². The van der Waals surface area contributed by atoms with E-state index >= 15 is 0 Å². The standard InChI is InChI=1S/C46H75NO5/c1-3-5-7-9-11-12-13-14-15-16-17-18-19-20-21-22-23-24-25-26-28-33-37-41-46(51)52-43(38-34-30-27-10-8-6-4-2)39-35-31-29-32-36-40-44(48)47-42-45(49)50/h5,7,11-12,14-15,17-18,20-21,23-24,26,28,43H,3-4,6,8-10,13,16,19,22,25,27,29-42H2,1-2H3,(H,47,48)(H,49,50)/b7-5-,12-11-,15-14-,18-17-,21-20-,24-23-,28-26-. The van der Waals surface area contributed by atoms with Crippen LogP contribution in [0, 0.1) is 0 Å². The number of aliphatic carboxylic acids is 1. The SMILES string of the molecule is CC/C=C\C/C=C\C/C=C\C/C=C\C/C=C\C/C=C\C/C=C\CCCC(=O)OC(CCCCCCCCC)CCCCCCCC(=O)NCC(=O)O. The van der Waals surface area contributed by atoms with Crippen molar-refractivity contribution in [2.45, 2.75) is 180 Å². The van der Waals surface area contributed by atoms with Gasteiger partial charge in [-0.15, -0.1) is 0 Å². The second-order valence-corrected chi connectivity index (χ2v) is 13.5. The predicted octanol–water partition coefficient (Wildman–Crippen LogP) is 12.8. The number of carbonyl (C=O) groups excluding carboxylic acids is 2. The fourth-order valence-corrected chi connectivity index (χ4v) is 5.56. The van der Waals surface area contributed by atoms with Crippen LogP contribution in [0.3, 0.4) is 0 Å². The molecule has 6 heteroatoms. The lowest BCUT2D eigenvalue weighted by molar-refractivity contribution is -0.150. The molecule has 0 heterocycles. The summed E-state index contributed by atoms with van der Waals surface area (Å²) in [5.41, 5.74) is 0. The van der Waals surface area contributed by atoms with E-state index in [1.807, 2.05) is 0 Å². The van der Waals surface area contributed by atoms with Crippen LogP contribution in [0.15, 0.2) is 85.1 Å². The number of nitrogens with one attached hydrogen (secondary N) is 1. The molecule has 0 aromatic heterocycles. The minimum atomic E-state index is -1.02. The largest absolute Gasteiger partial charge is 0.480 e. The fourth-order valence-electron chi connectivity index (χ4n) is 5.56. The minimum Gasteiger partial charge on any atom is -0.480 e. The number of carboxylic acid groups (broad SMARTS) is 1. The lowest BCUT2D eigenvalue weighted by Gasteiger charge is -2.18. The lowest BCUT2D eigenvalue weighted by atomic mass is 10.0. The normalized spacial score (nSPS) is 13.0. The van der Waals surface area contributed by atoms with Crippen LogP contribution in [0.4, 0.5) is 0 Å². The Morgan fingerprint density at radius 3 is 1.40 bits per heavy atom. The van der Waals surface area contributed by atoms with Gasteiger partial charge in [0, 0.05) is 12.8 Å². The van der Waals surface area contributed by atoms with Gasteiger partial charge in [0.15, 0.2) is 0 Å². The highest BCUT2D eigenvalue weighted by Crippen LogP contribution is 2.18. The van der Waals surface area contributed by atoms with Crippen molar-refractivity contribution in [1.82, 2.24) is 5.32 Å². The van der Waals surface area contributed by atoms with E-state index < -0.39 is 5.97 Å². The van der Waals surface area contributed by atoms with Crippen LogP contribution in [-0.4, -0.2) is 35.6 Å². The van der Waals surface area contributed by atoms with Crippen molar-refractivity contribution >= 4 is 17.8 Å². The molecule has 294 valence electrons. The summed E-state index contributed by atoms with van der Waals surface area (Å²) in [6.07, 6.45) is 55.7. The minimum absolute atomic E-state index is 0.00594. The molecule has 0 aliphatic heterocycles. The van der Waals surface area contributed by atoms with E-state index in [0.29, 0.717) is 12.8 Å². The maximum atomic E-state index is 12.7. The topological polar surface area (TPSA) is 92.7 Å². The molecule has 1 amide bonds. The number of unbranched alkanes of at least 4 members (excludes halogenated alkanes) is 11. The molecule has 1 atom stereocenters. The molecule has 0 aromatic rings. The average molecular weight is 722 g/mol. The summed E-state index contributed by atoms with van der Waals surface area (Å²) in [5, 5.41) is 11.1. The van der Waals surface area contributed by atoms with Gasteiger partial charge in [0.05, 0.1) is 0 Å². The molecule has 2 N–H and O–H groups in total. The average Bonchev–Trinajstić information content (AvgIpc) is 3.13. The zero-order valence-electron chi connectivity index (χ0n) is 33.1. The Balaban J connectivity index is 4.15. The summed E-state index contributed by atoms with van der Waals surface area (Å²) < 4.78 is 5.96. The lowest BCUT2D eigenvalue weighted by Crippen LogP contribution is -2.28. The smallest absolute Gasteiger partial charge is 0.322 e. The quantitative estimate of drug-likeness (QED) is 0.0382. The second-order valence-electron chi connectivity index (χ2n) is 13.5. The van der Waals surface area contributed by atoms with Crippen LogP contribution in [0.25, 0.3) is 0 Å². The molecule has 0 fully saturated rings. The highest BCUT2D eigenvalue weighted by Gasteiger charge is 2.14. The fraction of sp³-hybridized carbons (Fsp3) is 0.630. The van der Waals surface area contributed by atoms with Crippen LogP contribution in [0.2, 0.25) is 0 Å². The van der Waals surface area contributed by atoms with Crippen LogP contribution < -0.4 is 5.32 Å². The van der Waals surface area contributed by atoms with Crippen molar-refractivity contribution in [2.24, 2.45) is 0 Å². The van der Waals surface area contributed by atoms with Crippen LogP contribution in [-0.2, 0) is 19.1 Å². The first-order valence-corrected chi connectivity index (χ1v) is 20.7. The third-order valence-electron chi connectivity index (χ3n) is 8.58. The molecule has 0 aliphatic rings. The molecule has 0 radical (unpaired) electrons. The summed E-state index contributed by atoms with van der Waals surface area (Å²) in [6, 6.07) is 0. The zero-order valence-corrected chi connectivity index (χ0v) is 33.1. The van der Waals surface area contributed by atoms with Gasteiger partial charge in [-0.3, -0.25) is 14.4 Å². The second kappa shape index (κ2) is 40.4. The Morgan fingerprint density at radius 2 is 0.942 bits per heavy atom. The van der Waals surface area contributed by atoms with Crippen molar-refractivity contribution in [1.29, 1.82) is 0 Å². The Kier molecular flexibility index (Phi) is 37.7. The Labute approximate surface area is 318 Å². The number of amides is 1. The molecular weight excluding hydrogens is 647 g/mol. The van der Waals surface area contributed by atoms with E-state index in [1.165, 1.54) is 38.5 Å². The summed E-state index contributed by atoms with van der Waals surface area (Å²) >= 11 is 0. The van der Waals surface area contributed by atoms with E-state index in [1.54, 1.807) is 0 Å². The first-order valence-electron chi connectivity index (χ1n) is 20.7. The maximum Gasteiger partial charge on any atom is 0.322 e. The number of carbonyl (C=O) groups is 3. The molecule has 0 rings (SSSR count). The maximum absolute atomic E-state index is 12.7. The Hall–Kier alpha value is -3.41. The van der Waals surface area contributed by atoms with E-state index in [2.05, 4.69) is 104 Å². The molecular formula is C46H75NO5. The van der Waals surface area contributed by atoms with Gasteiger partial charge in [-0.05, 0) is 89.9 Å². The number of esters is 1. The van der Waals surface area contributed by atoms with Gasteiger partial charge in [0.1, 0.15) is 12.6 Å². The highest BCUT2D eigenvalue weighted by molar-refractivity contribution is 5.80. The first-order chi connectivity index (χ1) is 25.5. The van der Waals surface area contributed by atoms with Gasteiger partial charge in [0.25, 0.3) is 0 Å². The van der Waals surface area contributed by atoms with Crippen LogP contribution >= 0.6 is 0 Å². The van der Waals surface area contributed by atoms with Crippen molar-refractivity contribution in [3.05, 3.63) is 85.1 Å². The first kappa shape index (κ1) is 48.6. The van der Waals surface area contributed by atoms with E-state index in [4.69, 9.17) is 9.84 Å². The summed E-state index contributed by atoms with van der Waals surface area (Å²) in [4.78, 5) is 34.9. The molecule has 1 unspecified atom stereocenters. The highest BCUT2D eigenvalue weighted by atomic mass is 16.5. The van der Waals surface area contributed by atoms with Crippen molar-refractivity contribution in [2.75, 3.05) is 6.54 Å². The molecule has 0 saturated heterocycles. The van der Waals surface area contributed by atoms with Gasteiger partial charge in [-0.1, -0.05) is 157 Å². The number of hydrogen-bond donors (Lipinski definition) is 2. The summed E-state index contributed by atoms with van der Waals surface area (Å²) in [7, 11) is 0. The summed E-state index contributed by atoms with van der Waals surface area (Å²) in [5.74, 6) is -1.31. The molecule has 0 aliphatic carbocycles. The monoisotopic (exact) mass is 722 g/mol. The Morgan fingerprint density at radius 1 is 0.519 bits per heavy atom. The number of allylic oxidation sites excluding steroid dienone is 14. The molecule has 6 nitrogen and oxygen atoms in total. The van der Waals surface area contributed by atoms with Gasteiger partial charge < -0.3 is 15.2 Å². The molecule has 0 saturated carbocycles. The molecule has 0 aromatic carbocycles. The van der Waals surface area contributed by atoms with Crippen molar-refractivity contribution in [3.8, 4) is 0 Å². The van der Waals surface area contributed by atoms with E-state index in [9.17, 15) is 14.4 Å². The zero-order chi connectivity index (χ0) is 38.0. The number of rotatable bonds is 36. The predicted molar refractivity (Wildman–Crippen MR) is 221 cm³/mol. The van der Waals surface area contributed by atoms with Crippen molar-refractivity contribution in [3.63, 3.8) is 0 Å². The molecule has 52 heavy (non-hydrogen) atoms. The van der Waals surface area contributed by atoms with Gasteiger partial charge in [-0.2, -0.15) is 0 Å². The summed E-state index contributed by atoms with van der Waals surface area (Å²) in [6.45, 7) is 4.07. The Bertz CT molecular complexity index is 1060. The van der Waals surface area contributed by atoms with E-state index in [0.717, 1.165) is 109 Å². The third-order valence-corrected chi connectivity index (χ3v) is 8.58. The van der Waals surface area contributed by atoms with Gasteiger partial charge in [-0.25, -0.2) is 0 Å². The van der Waals surface area contributed by atoms with Crippen LogP contribution in [0.1, 0.15) is 174 Å². The van der Waals surface area contributed by atoms with Gasteiger partial charge in [0.2, 0.25) is 5.91 Å². The molecule has 0 bridgehead atoms. The number of hydrogen-bond acceptors (Lipinski definition) is 4. The van der Waals surface area contributed by atoms with E-state index in [-0.39, 0.29) is 24.5 Å². The number of ether oxygens (including phenoxy) is 1.